The number of halogens is 6. The van der Waals surface area contributed by atoms with Crippen LogP contribution in [0.15, 0.2) is 0 Å². The normalized spacial score (nSPS) is 19.9. The zero-order valence-corrected chi connectivity index (χ0v) is 16.4. The number of carbonyl (C=O) groups is 2. The second kappa shape index (κ2) is 8.60. The maximum absolute atomic E-state index is 13.5. The monoisotopic (exact) mass is 453 g/mol. The van der Waals surface area contributed by atoms with Gasteiger partial charge in [0.25, 0.3) is 5.92 Å². The number of amides is 2. The van der Waals surface area contributed by atoms with Crippen LogP contribution in [0.2, 0.25) is 0 Å². The fourth-order valence-electron chi connectivity index (χ4n) is 3.75. The van der Waals surface area contributed by atoms with Crippen LogP contribution in [0.5, 0.6) is 0 Å². The first-order valence-electron chi connectivity index (χ1n) is 9.60. The van der Waals surface area contributed by atoms with Crippen LogP contribution in [-0.2, 0) is 35.4 Å². The fraction of sp³-hybridized carbons (Fsp3) is 0.667. The molecule has 2 aliphatic heterocycles. The van der Waals surface area contributed by atoms with Gasteiger partial charge in [-0.2, -0.15) is 13.2 Å². The largest absolute Gasteiger partial charge is 0.433 e. The van der Waals surface area contributed by atoms with E-state index < -0.39 is 61.1 Å². The highest BCUT2D eigenvalue weighted by atomic mass is 19.4. The van der Waals surface area contributed by atoms with Crippen molar-refractivity contribution in [2.75, 3.05) is 19.6 Å². The number of alkyl halides is 6. The number of aromatic nitrogens is 2. The van der Waals surface area contributed by atoms with Crippen molar-refractivity contribution >= 4 is 11.8 Å². The Morgan fingerprint density at radius 1 is 1.23 bits per heavy atom. The van der Waals surface area contributed by atoms with E-state index >= 15 is 0 Å². The van der Waals surface area contributed by atoms with E-state index in [1.165, 1.54) is 4.90 Å². The van der Waals surface area contributed by atoms with Crippen LogP contribution >= 0.6 is 0 Å². The van der Waals surface area contributed by atoms with Gasteiger partial charge in [-0.05, 0) is 6.42 Å². The molecule has 3 rings (SSSR count). The Bertz CT molecular complexity index is 863. The van der Waals surface area contributed by atoms with E-state index in [2.05, 4.69) is 9.97 Å². The number of likely N-dealkylation sites (tertiary alicyclic amines) is 1. The summed E-state index contributed by atoms with van der Waals surface area (Å²) < 4.78 is 79.7. The summed E-state index contributed by atoms with van der Waals surface area (Å²) in [6, 6.07) is -0.927. The molecule has 0 unspecified atom stereocenters. The summed E-state index contributed by atoms with van der Waals surface area (Å²) in [6.07, 6.45) is -6.10. The average Bonchev–Trinajstić information content (AvgIpc) is 2.68. The number of piperidine rings is 1. The molecule has 0 aromatic carbocycles. The van der Waals surface area contributed by atoms with Crippen LogP contribution in [0.4, 0.5) is 26.3 Å². The zero-order valence-electron chi connectivity index (χ0n) is 16.4. The molecule has 1 fully saturated rings. The van der Waals surface area contributed by atoms with E-state index in [0.29, 0.717) is 0 Å². The number of nitrogens with zero attached hydrogens (tertiary/aromatic N) is 4. The molecule has 7 nitrogen and oxygen atoms in total. The molecular weight excluding hydrogens is 432 g/mol. The van der Waals surface area contributed by atoms with E-state index in [1.54, 1.807) is 0 Å². The summed E-state index contributed by atoms with van der Waals surface area (Å²) in [6.45, 7) is -2.63. The Labute approximate surface area is 173 Å². The van der Waals surface area contributed by atoms with Crippen LogP contribution in [-0.4, -0.2) is 63.2 Å². The third-order valence-corrected chi connectivity index (χ3v) is 5.22. The second-order valence-corrected chi connectivity index (χ2v) is 7.70. The minimum atomic E-state index is -4.78. The maximum Gasteiger partial charge on any atom is 0.433 e. The van der Waals surface area contributed by atoms with Crippen molar-refractivity contribution in [3.8, 4) is 0 Å². The fourth-order valence-corrected chi connectivity index (χ4v) is 3.75. The molecule has 2 N–H and O–H groups in total. The van der Waals surface area contributed by atoms with E-state index in [0.717, 1.165) is 4.90 Å². The second-order valence-electron chi connectivity index (χ2n) is 7.70. The van der Waals surface area contributed by atoms with Gasteiger partial charge in [0, 0.05) is 44.0 Å². The Hall–Kier alpha value is -2.44. The molecule has 0 bridgehead atoms. The maximum atomic E-state index is 13.5. The minimum Gasteiger partial charge on any atom is -0.336 e. The number of rotatable bonds is 5. The Kier molecular flexibility index (Phi) is 6.44. The lowest BCUT2D eigenvalue weighted by Crippen LogP contribution is -2.51. The van der Waals surface area contributed by atoms with Gasteiger partial charge in [-0.25, -0.2) is 23.1 Å². The van der Waals surface area contributed by atoms with Crippen LogP contribution in [0.3, 0.4) is 0 Å². The Balaban J connectivity index is 1.66. The number of carbonyl (C=O) groups excluding carboxylic acids is 2. The third-order valence-electron chi connectivity index (χ3n) is 5.22. The lowest BCUT2D eigenvalue weighted by Gasteiger charge is -2.34. The van der Waals surface area contributed by atoms with E-state index in [1.807, 2.05) is 0 Å². The summed E-state index contributed by atoms with van der Waals surface area (Å²) in [4.78, 5) is 33.6. The average molecular weight is 453 g/mol. The van der Waals surface area contributed by atoms with Gasteiger partial charge >= 0.3 is 6.18 Å². The number of nitrogens with two attached hydrogens (primary N) is 1. The van der Waals surface area contributed by atoms with Gasteiger partial charge in [0.15, 0.2) is 11.5 Å². The standard InChI is InChI=1S/C18H21F6N5O2/c19-6-13-26-12-8-28(4-2-11(12)16(27-13)18(22,23)24)15(31)5-10(25)7-29-9-17(20,21)3-1-14(29)30/h10H,1-9,25H2/t10-/m1/s1. The van der Waals surface area contributed by atoms with E-state index in [-0.39, 0.29) is 50.2 Å². The number of hydrogen-bond acceptors (Lipinski definition) is 5. The van der Waals surface area contributed by atoms with Crippen LogP contribution in [0.1, 0.15) is 42.0 Å². The van der Waals surface area contributed by atoms with Gasteiger partial charge in [0.1, 0.15) is 6.67 Å². The lowest BCUT2D eigenvalue weighted by atomic mass is 10.0. The topological polar surface area (TPSA) is 92.4 Å². The smallest absolute Gasteiger partial charge is 0.336 e. The molecule has 2 amide bonds. The third kappa shape index (κ3) is 5.43. The molecule has 1 aromatic rings. The van der Waals surface area contributed by atoms with Crippen molar-refractivity contribution in [1.29, 1.82) is 0 Å². The predicted octanol–water partition coefficient (Wildman–Crippen LogP) is 1.82. The zero-order chi connectivity index (χ0) is 23.0. The van der Waals surface area contributed by atoms with Gasteiger partial charge in [0.05, 0.1) is 18.8 Å². The molecular formula is C18H21F6N5O2. The van der Waals surface area contributed by atoms with Crippen molar-refractivity contribution in [3.05, 3.63) is 22.8 Å². The predicted molar refractivity (Wildman–Crippen MR) is 94.3 cm³/mol. The number of hydrogen-bond donors (Lipinski definition) is 1. The van der Waals surface area contributed by atoms with Gasteiger partial charge in [0.2, 0.25) is 11.8 Å². The highest BCUT2D eigenvalue weighted by molar-refractivity contribution is 5.78. The summed E-state index contributed by atoms with van der Waals surface area (Å²) in [5, 5.41) is 0. The van der Waals surface area contributed by atoms with Gasteiger partial charge in [-0.1, -0.05) is 0 Å². The highest BCUT2D eigenvalue weighted by Gasteiger charge is 2.41. The molecule has 0 aliphatic carbocycles. The van der Waals surface area contributed by atoms with Crippen LogP contribution in [0, 0.1) is 0 Å². The summed E-state index contributed by atoms with van der Waals surface area (Å²) in [5.41, 5.74) is 4.39. The van der Waals surface area contributed by atoms with Crippen molar-refractivity contribution in [2.45, 2.75) is 57.0 Å². The quantitative estimate of drug-likeness (QED) is 0.687. The Morgan fingerprint density at radius 3 is 2.58 bits per heavy atom. The highest BCUT2D eigenvalue weighted by Crippen LogP contribution is 2.34. The van der Waals surface area contributed by atoms with Crippen molar-refractivity contribution < 1.29 is 35.9 Å². The van der Waals surface area contributed by atoms with Crippen molar-refractivity contribution in [1.82, 2.24) is 19.8 Å². The van der Waals surface area contributed by atoms with Crippen LogP contribution in [0.25, 0.3) is 0 Å². The first-order valence-corrected chi connectivity index (χ1v) is 9.60. The SMILES string of the molecule is N[C@H](CC(=O)N1CCc2c(nc(CF)nc2C(F)(F)F)C1)CN1CC(F)(F)CCC1=O. The van der Waals surface area contributed by atoms with Gasteiger partial charge in [-0.15, -0.1) is 0 Å². The molecule has 2 aliphatic rings. The molecule has 1 atom stereocenters. The molecule has 3 heterocycles. The number of fused-ring (bicyclic) bond motifs is 1. The summed E-state index contributed by atoms with van der Waals surface area (Å²) in [7, 11) is 0. The van der Waals surface area contributed by atoms with E-state index in [9.17, 15) is 35.9 Å². The molecule has 31 heavy (non-hydrogen) atoms. The minimum absolute atomic E-state index is 0.0549. The molecule has 172 valence electrons. The van der Waals surface area contributed by atoms with Crippen molar-refractivity contribution in [3.63, 3.8) is 0 Å². The van der Waals surface area contributed by atoms with Crippen LogP contribution < -0.4 is 5.73 Å². The molecule has 0 spiro atoms. The lowest BCUT2D eigenvalue weighted by molar-refractivity contribution is -0.148. The molecule has 1 aromatic heterocycles. The first-order chi connectivity index (χ1) is 14.4. The molecule has 0 radical (unpaired) electrons. The van der Waals surface area contributed by atoms with Crippen molar-refractivity contribution in [2.24, 2.45) is 5.73 Å². The molecule has 0 saturated carbocycles. The van der Waals surface area contributed by atoms with Gasteiger partial charge in [-0.3, -0.25) is 9.59 Å². The molecule has 1 saturated heterocycles. The summed E-state index contributed by atoms with van der Waals surface area (Å²) in [5.74, 6) is -4.64. The Morgan fingerprint density at radius 2 is 1.94 bits per heavy atom. The molecule has 13 heteroatoms. The summed E-state index contributed by atoms with van der Waals surface area (Å²) >= 11 is 0. The van der Waals surface area contributed by atoms with Gasteiger partial charge < -0.3 is 15.5 Å². The van der Waals surface area contributed by atoms with E-state index in [4.69, 9.17) is 5.73 Å². The first kappa shape index (κ1) is 23.2.